The number of hydrogen-bond acceptors (Lipinski definition) is 5. The Morgan fingerprint density at radius 2 is 2.00 bits per heavy atom. The average molecular weight is 343 g/mol. The van der Waals surface area contributed by atoms with E-state index in [0.29, 0.717) is 17.8 Å². The molecular weight excluding hydrogens is 322 g/mol. The van der Waals surface area contributed by atoms with Crippen LogP contribution in [0.2, 0.25) is 0 Å². The van der Waals surface area contributed by atoms with E-state index in [1.165, 1.54) is 22.2 Å². The smallest absolute Gasteiger partial charge is 0.273 e. The normalized spacial score (nSPS) is 23.7. The number of amides is 1. The molecule has 0 spiro atoms. The van der Waals surface area contributed by atoms with Gasteiger partial charge in [-0.3, -0.25) is 9.89 Å². The van der Waals surface area contributed by atoms with Gasteiger partial charge in [0.2, 0.25) is 0 Å². The molecule has 1 N–H and O–H groups in total. The van der Waals surface area contributed by atoms with E-state index in [9.17, 15) is 4.79 Å². The van der Waals surface area contributed by atoms with Gasteiger partial charge in [0.15, 0.2) is 0 Å². The number of fused-ring (bicyclic) bond motifs is 2. The summed E-state index contributed by atoms with van der Waals surface area (Å²) < 4.78 is 2.51. The number of nitrogens with zero attached hydrogens (tertiary/aromatic N) is 4. The molecule has 2 saturated heterocycles. The van der Waals surface area contributed by atoms with Crippen LogP contribution < -0.4 is 0 Å². The van der Waals surface area contributed by atoms with Crippen LogP contribution in [0.5, 0.6) is 0 Å². The monoisotopic (exact) mass is 343 g/mol. The molecule has 2 aliphatic heterocycles. The molecular formula is C17H21N5OS. The standard InChI is InChI=1S/C17H21N5OS/c1-11-4-3-5-16(12(11)2)24-22-13-6-7-14(22)10-21(9-13)17(23)15-8-18-20-19-15/h3-5,8,13-14H,6-7,9-10H2,1-2H3,(H,18,19,20). The second kappa shape index (κ2) is 6.22. The third-order valence-corrected chi connectivity index (χ3v) is 6.55. The first kappa shape index (κ1) is 15.7. The molecule has 0 saturated carbocycles. The molecule has 2 bridgehead atoms. The zero-order valence-corrected chi connectivity index (χ0v) is 14.7. The summed E-state index contributed by atoms with van der Waals surface area (Å²) in [5.74, 6) is 0.00767. The van der Waals surface area contributed by atoms with Crippen LogP contribution in [-0.4, -0.2) is 55.7 Å². The number of aromatic nitrogens is 3. The number of carbonyl (C=O) groups is 1. The minimum absolute atomic E-state index is 0.00767. The van der Waals surface area contributed by atoms with Gasteiger partial charge in [0.05, 0.1) is 6.20 Å². The molecule has 1 aromatic heterocycles. The van der Waals surface area contributed by atoms with Crippen molar-refractivity contribution in [3.8, 4) is 0 Å². The van der Waals surface area contributed by atoms with Crippen LogP contribution in [0.25, 0.3) is 0 Å². The van der Waals surface area contributed by atoms with Crippen LogP contribution >= 0.6 is 11.9 Å². The Morgan fingerprint density at radius 1 is 1.25 bits per heavy atom. The third-order valence-electron chi connectivity index (χ3n) is 5.11. The molecule has 2 aromatic rings. The van der Waals surface area contributed by atoms with Crippen LogP contribution in [0.3, 0.4) is 0 Å². The largest absolute Gasteiger partial charge is 0.334 e. The fourth-order valence-corrected chi connectivity index (χ4v) is 4.89. The predicted octanol–water partition coefficient (Wildman–Crippen LogP) is 2.42. The van der Waals surface area contributed by atoms with Crippen molar-refractivity contribution in [1.82, 2.24) is 24.6 Å². The summed E-state index contributed by atoms with van der Waals surface area (Å²) in [6.07, 6.45) is 3.79. The number of aromatic amines is 1. The first-order valence-electron chi connectivity index (χ1n) is 8.31. The average Bonchev–Trinajstić information content (AvgIpc) is 3.18. The molecule has 0 aliphatic carbocycles. The summed E-state index contributed by atoms with van der Waals surface area (Å²) in [6.45, 7) is 5.88. The summed E-state index contributed by atoms with van der Waals surface area (Å²) in [6, 6.07) is 7.29. The van der Waals surface area contributed by atoms with Gasteiger partial charge in [-0.1, -0.05) is 17.3 Å². The molecule has 0 radical (unpaired) electrons. The lowest BCUT2D eigenvalue weighted by Crippen LogP contribution is -2.52. The van der Waals surface area contributed by atoms with E-state index in [1.54, 1.807) is 0 Å². The molecule has 3 heterocycles. The lowest BCUT2D eigenvalue weighted by molar-refractivity contribution is 0.0622. The number of carbonyl (C=O) groups excluding carboxylic acids is 1. The summed E-state index contributed by atoms with van der Waals surface area (Å²) in [5.41, 5.74) is 3.15. The first-order chi connectivity index (χ1) is 11.6. The molecule has 1 amide bonds. The van der Waals surface area contributed by atoms with Gasteiger partial charge in [-0.25, -0.2) is 4.31 Å². The number of hydrogen-bond donors (Lipinski definition) is 1. The Morgan fingerprint density at radius 3 is 2.67 bits per heavy atom. The number of likely N-dealkylation sites (tertiary alicyclic amines) is 1. The van der Waals surface area contributed by atoms with E-state index >= 15 is 0 Å². The van der Waals surface area contributed by atoms with E-state index < -0.39 is 0 Å². The van der Waals surface area contributed by atoms with E-state index in [2.05, 4.69) is 51.8 Å². The van der Waals surface area contributed by atoms with Crippen molar-refractivity contribution in [1.29, 1.82) is 0 Å². The van der Waals surface area contributed by atoms with Crippen LogP contribution in [0.15, 0.2) is 29.3 Å². The van der Waals surface area contributed by atoms with Gasteiger partial charge in [0, 0.05) is 30.1 Å². The van der Waals surface area contributed by atoms with Crippen molar-refractivity contribution in [2.75, 3.05) is 13.1 Å². The number of rotatable bonds is 3. The van der Waals surface area contributed by atoms with Crippen LogP contribution in [0.4, 0.5) is 0 Å². The molecule has 2 aliphatic rings. The van der Waals surface area contributed by atoms with Crippen LogP contribution in [-0.2, 0) is 0 Å². The highest BCUT2D eigenvalue weighted by molar-refractivity contribution is 7.97. The Hall–Kier alpha value is -1.86. The third kappa shape index (κ3) is 2.71. The van der Waals surface area contributed by atoms with Gasteiger partial charge < -0.3 is 4.90 Å². The summed E-state index contributed by atoms with van der Waals surface area (Å²) in [7, 11) is 0. The van der Waals surface area contributed by atoms with Crippen LogP contribution in [0, 0.1) is 13.8 Å². The molecule has 4 rings (SSSR count). The Kier molecular flexibility index (Phi) is 4.05. The SMILES string of the molecule is Cc1cccc(SN2C3CCC2CN(C(=O)c2cnn[nH]2)C3)c1C. The zero-order valence-electron chi connectivity index (χ0n) is 13.9. The van der Waals surface area contributed by atoms with Crippen molar-refractivity contribution in [3.05, 3.63) is 41.2 Å². The molecule has 6 nitrogen and oxygen atoms in total. The van der Waals surface area contributed by atoms with Gasteiger partial charge in [0.1, 0.15) is 5.69 Å². The number of H-pyrrole nitrogens is 1. The highest BCUT2D eigenvalue weighted by atomic mass is 32.2. The minimum atomic E-state index is 0.00767. The van der Waals surface area contributed by atoms with Crippen molar-refractivity contribution >= 4 is 17.9 Å². The highest BCUT2D eigenvalue weighted by Gasteiger charge is 2.42. The lowest BCUT2D eigenvalue weighted by Gasteiger charge is -2.40. The van der Waals surface area contributed by atoms with Gasteiger partial charge in [-0.2, -0.15) is 0 Å². The van der Waals surface area contributed by atoms with E-state index in [-0.39, 0.29) is 5.91 Å². The minimum Gasteiger partial charge on any atom is -0.334 e. The fourth-order valence-electron chi connectivity index (χ4n) is 3.59. The van der Waals surface area contributed by atoms with Crippen LogP contribution in [0.1, 0.15) is 34.5 Å². The summed E-state index contributed by atoms with van der Waals surface area (Å²) >= 11 is 1.86. The van der Waals surface area contributed by atoms with Gasteiger partial charge >= 0.3 is 0 Å². The second-order valence-corrected chi connectivity index (χ2v) is 7.66. The quantitative estimate of drug-likeness (QED) is 0.867. The van der Waals surface area contributed by atoms with Crippen molar-refractivity contribution < 1.29 is 4.79 Å². The molecule has 1 aromatic carbocycles. The number of aryl methyl sites for hydroxylation is 1. The molecule has 2 fully saturated rings. The Balaban J connectivity index is 1.49. The number of nitrogens with one attached hydrogen (secondary N) is 1. The molecule has 7 heteroatoms. The van der Waals surface area contributed by atoms with Crippen molar-refractivity contribution in [2.24, 2.45) is 0 Å². The Labute approximate surface area is 145 Å². The lowest BCUT2D eigenvalue weighted by atomic mass is 10.1. The maximum absolute atomic E-state index is 12.5. The molecule has 2 unspecified atom stereocenters. The zero-order chi connectivity index (χ0) is 16.7. The second-order valence-electron chi connectivity index (χ2n) is 6.61. The topological polar surface area (TPSA) is 65.1 Å². The number of benzene rings is 1. The van der Waals surface area contributed by atoms with E-state index in [4.69, 9.17) is 0 Å². The van der Waals surface area contributed by atoms with E-state index in [1.807, 2.05) is 16.8 Å². The number of piperazine rings is 1. The predicted molar refractivity (Wildman–Crippen MR) is 92.7 cm³/mol. The van der Waals surface area contributed by atoms with Crippen molar-refractivity contribution in [3.63, 3.8) is 0 Å². The Bertz CT molecular complexity index is 733. The van der Waals surface area contributed by atoms with Gasteiger partial charge in [0.25, 0.3) is 5.91 Å². The summed E-state index contributed by atoms with van der Waals surface area (Å²) in [5, 5.41) is 10.0. The van der Waals surface area contributed by atoms with E-state index in [0.717, 1.165) is 25.9 Å². The van der Waals surface area contributed by atoms with Gasteiger partial charge in [-0.15, -0.1) is 5.10 Å². The molecule has 24 heavy (non-hydrogen) atoms. The maximum atomic E-state index is 12.5. The fraction of sp³-hybridized carbons (Fsp3) is 0.471. The maximum Gasteiger partial charge on any atom is 0.273 e. The highest BCUT2D eigenvalue weighted by Crippen LogP contribution is 2.40. The summed E-state index contributed by atoms with van der Waals surface area (Å²) in [4.78, 5) is 15.8. The molecule has 126 valence electrons. The van der Waals surface area contributed by atoms with Gasteiger partial charge in [-0.05, 0) is 55.8 Å². The first-order valence-corrected chi connectivity index (χ1v) is 9.08. The van der Waals surface area contributed by atoms with Crippen molar-refractivity contribution in [2.45, 2.75) is 43.7 Å². The molecule has 2 atom stereocenters.